The highest BCUT2D eigenvalue weighted by Crippen LogP contribution is 2.68. The first-order valence-electron chi connectivity index (χ1n) is 13.8. The second-order valence-electron chi connectivity index (χ2n) is 13.6. The fourth-order valence-corrected chi connectivity index (χ4v) is 9.42. The third kappa shape index (κ3) is 4.17. The van der Waals surface area contributed by atoms with E-state index in [1.54, 1.807) is 0 Å². The molecule has 0 heterocycles. The molecule has 0 bridgehead atoms. The summed E-state index contributed by atoms with van der Waals surface area (Å²) in [7, 11) is 0. The van der Waals surface area contributed by atoms with E-state index in [0.29, 0.717) is 22.7 Å². The molecule has 3 heteroatoms. The van der Waals surface area contributed by atoms with Crippen molar-refractivity contribution in [1.82, 2.24) is 0 Å². The zero-order valence-electron chi connectivity index (χ0n) is 21.5. The van der Waals surface area contributed by atoms with Gasteiger partial charge in [0.15, 0.2) is 0 Å². The van der Waals surface area contributed by atoms with Crippen LogP contribution in [0.15, 0.2) is 0 Å². The fraction of sp³-hybridized carbons (Fsp3) is 0.966. The van der Waals surface area contributed by atoms with Crippen LogP contribution in [0.5, 0.6) is 0 Å². The summed E-state index contributed by atoms with van der Waals surface area (Å²) in [6, 6.07) is 0.130. The lowest BCUT2D eigenvalue weighted by Crippen LogP contribution is -2.56. The van der Waals surface area contributed by atoms with Crippen LogP contribution in [0.1, 0.15) is 118 Å². The lowest BCUT2D eigenvalue weighted by atomic mass is 9.43. The van der Waals surface area contributed by atoms with Gasteiger partial charge in [0.05, 0.1) is 11.2 Å². The standard InChI is InChI=1S/C29H49NO2/c1-7-29(32)18-17-27(4)20(19-29)10-11-21-22-12-13-24(28(22,5)16-14-23(21)27)25(30-6)9-8-15-26(2,3)31/h20-25,31-32H,7-19H2,1-5H3/t20-,21-,22-,23-,24+,25?,27-,28-,29-/m0/s1. The smallest absolute Gasteiger partial charge is 0.227 e. The number of aliphatic hydroxyl groups is 2. The van der Waals surface area contributed by atoms with Gasteiger partial charge < -0.3 is 15.1 Å². The van der Waals surface area contributed by atoms with E-state index in [1.165, 1.54) is 44.9 Å². The first kappa shape index (κ1) is 24.5. The Morgan fingerprint density at radius 3 is 2.38 bits per heavy atom. The van der Waals surface area contributed by atoms with E-state index in [4.69, 9.17) is 6.57 Å². The van der Waals surface area contributed by atoms with Crippen molar-refractivity contribution in [2.45, 2.75) is 135 Å². The highest BCUT2D eigenvalue weighted by Gasteiger charge is 2.62. The van der Waals surface area contributed by atoms with E-state index in [9.17, 15) is 10.2 Å². The highest BCUT2D eigenvalue weighted by molar-refractivity contribution is 5.12. The van der Waals surface area contributed by atoms with E-state index in [-0.39, 0.29) is 6.04 Å². The molecule has 182 valence electrons. The summed E-state index contributed by atoms with van der Waals surface area (Å²) in [5.74, 6) is 3.67. The van der Waals surface area contributed by atoms with Crippen LogP contribution in [-0.2, 0) is 0 Å². The molecule has 0 aromatic heterocycles. The van der Waals surface area contributed by atoms with Crippen molar-refractivity contribution in [3.05, 3.63) is 11.4 Å². The summed E-state index contributed by atoms with van der Waals surface area (Å²) < 4.78 is 0. The molecule has 0 spiro atoms. The predicted molar refractivity (Wildman–Crippen MR) is 131 cm³/mol. The normalized spacial score (nSPS) is 47.1. The van der Waals surface area contributed by atoms with Crippen LogP contribution in [-0.4, -0.2) is 27.5 Å². The zero-order chi connectivity index (χ0) is 23.4. The van der Waals surface area contributed by atoms with Crippen LogP contribution in [0.4, 0.5) is 0 Å². The van der Waals surface area contributed by atoms with E-state index in [1.807, 2.05) is 13.8 Å². The summed E-state index contributed by atoms with van der Waals surface area (Å²) in [4.78, 5) is 4.18. The molecule has 0 aromatic carbocycles. The molecule has 0 radical (unpaired) electrons. The minimum absolute atomic E-state index is 0.130. The van der Waals surface area contributed by atoms with Crippen molar-refractivity contribution < 1.29 is 10.2 Å². The monoisotopic (exact) mass is 443 g/mol. The molecule has 9 atom stereocenters. The fourth-order valence-electron chi connectivity index (χ4n) is 9.42. The minimum Gasteiger partial charge on any atom is -0.390 e. The number of rotatable bonds is 6. The largest absolute Gasteiger partial charge is 0.390 e. The third-order valence-corrected chi connectivity index (χ3v) is 11.5. The molecule has 2 N–H and O–H groups in total. The molecule has 0 aromatic rings. The Kier molecular flexibility index (Phi) is 6.57. The molecule has 0 saturated heterocycles. The van der Waals surface area contributed by atoms with Gasteiger partial charge in [0.25, 0.3) is 0 Å². The molecule has 3 nitrogen and oxygen atoms in total. The minimum atomic E-state index is -0.620. The Morgan fingerprint density at radius 2 is 1.72 bits per heavy atom. The number of hydrogen-bond acceptors (Lipinski definition) is 2. The van der Waals surface area contributed by atoms with Crippen molar-refractivity contribution in [3.8, 4) is 0 Å². The number of nitrogens with zero attached hydrogens (tertiary/aromatic N) is 1. The second kappa shape index (κ2) is 8.57. The summed E-state index contributed by atoms with van der Waals surface area (Å²) >= 11 is 0. The molecule has 32 heavy (non-hydrogen) atoms. The van der Waals surface area contributed by atoms with Gasteiger partial charge in [-0.3, -0.25) is 0 Å². The van der Waals surface area contributed by atoms with Gasteiger partial charge in [-0.25, -0.2) is 6.57 Å². The zero-order valence-corrected chi connectivity index (χ0v) is 21.5. The van der Waals surface area contributed by atoms with E-state index in [2.05, 4.69) is 25.6 Å². The maximum absolute atomic E-state index is 11.0. The maximum atomic E-state index is 11.0. The second-order valence-corrected chi connectivity index (χ2v) is 13.6. The van der Waals surface area contributed by atoms with E-state index < -0.39 is 11.2 Å². The van der Waals surface area contributed by atoms with Gasteiger partial charge in [-0.2, -0.15) is 0 Å². The number of hydrogen-bond donors (Lipinski definition) is 2. The van der Waals surface area contributed by atoms with Gasteiger partial charge in [-0.05, 0) is 125 Å². The van der Waals surface area contributed by atoms with Crippen molar-refractivity contribution in [3.63, 3.8) is 0 Å². The Hall–Kier alpha value is -0.590. The topological polar surface area (TPSA) is 44.8 Å². The molecule has 4 fully saturated rings. The maximum Gasteiger partial charge on any atom is 0.227 e. The van der Waals surface area contributed by atoms with Crippen molar-refractivity contribution in [2.75, 3.05) is 0 Å². The van der Waals surface area contributed by atoms with Crippen molar-refractivity contribution >= 4 is 0 Å². The molecule has 4 rings (SSSR count). The lowest BCUT2D eigenvalue weighted by molar-refractivity contribution is -0.151. The summed E-state index contributed by atoms with van der Waals surface area (Å²) in [5, 5.41) is 21.1. The highest BCUT2D eigenvalue weighted by atomic mass is 16.3. The van der Waals surface area contributed by atoms with Gasteiger partial charge in [0.1, 0.15) is 0 Å². The predicted octanol–water partition coefficient (Wildman–Crippen LogP) is 7.02. The van der Waals surface area contributed by atoms with Crippen LogP contribution in [0.2, 0.25) is 0 Å². The molecule has 1 unspecified atom stereocenters. The first-order chi connectivity index (χ1) is 15.0. The summed E-state index contributed by atoms with van der Waals surface area (Å²) in [6.07, 6.45) is 14.6. The van der Waals surface area contributed by atoms with Crippen molar-refractivity contribution in [1.29, 1.82) is 0 Å². The molecule has 0 aliphatic heterocycles. The van der Waals surface area contributed by atoms with Gasteiger partial charge >= 0.3 is 0 Å². The van der Waals surface area contributed by atoms with Crippen LogP contribution in [0, 0.1) is 47.0 Å². The van der Waals surface area contributed by atoms with Crippen LogP contribution >= 0.6 is 0 Å². The summed E-state index contributed by atoms with van der Waals surface area (Å²) in [5.41, 5.74) is -0.293. The summed E-state index contributed by atoms with van der Waals surface area (Å²) in [6.45, 7) is 19.0. The van der Waals surface area contributed by atoms with Gasteiger partial charge in [-0.1, -0.05) is 20.8 Å². The van der Waals surface area contributed by atoms with E-state index >= 15 is 0 Å². The Bertz CT molecular complexity index is 722. The molecule has 0 amide bonds. The van der Waals surface area contributed by atoms with Crippen LogP contribution in [0.3, 0.4) is 0 Å². The third-order valence-electron chi connectivity index (χ3n) is 11.5. The first-order valence-corrected chi connectivity index (χ1v) is 13.8. The molecule has 4 aliphatic rings. The average Bonchev–Trinajstić information content (AvgIpc) is 3.08. The SMILES string of the molecule is [C-]#[N+]C(CCCC(C)(C)O)[C@H]1CC[C@H]2[C@@H]3CC[C@H]4C[C@](O)(CC)CC[C@]4(C)[C@H]3CC[C@]12C. The quantitative estimate of drug-likeness (QED) is 0.433. The number of fused-ring (bicyclic) bond motifs is 5. The Morgan fingerprint density at radius 1 is 1.00 bits per heavy atom. The van der Waals surface area contributed by atoms with E-state index in [0.717, 1.165) is 56.3 Å². The molecule has 4 saturated carbocycles. The lowest BCUT2D eigenvalue weighted by Gasteiger charge is -2.62. The van der Waals surface area contributed by atoms with Crippen molar-refractivity contribution in [2.24, 2.45) is 40.4 Å². The molecular weight excluding hydrogens is 394 g/mol. The van der Waals surface area contributed by atoms with Gasteiger partial charge in [-0.15, -0.1) is 0 Å². The molecule has 4 aliphatic carbocycles. The van der Waals surface area contributed by atoms with Gasteiger partial charge in [0.2, 0.25) is 6.04 Å². The van der Waals surface area contributed by atoms with Crippen LogP contribution in [0.25, 0.3) is 4.85 Å². The average molecular weight is 444 g/mol. The Labute approximate surface area is 197 Å². The van der Waals surface area contributed by atoms with Gasteiger partial charge in [0, 0.05) is 12.3 Å². The van der Waals surface area contributed by atoms with Crippen LogP contribution < -0.4 is 0 Å². The Balaban J connectivity index is 1.48. The molecular formula is C29H49NO2.